The predicted octanol–water partition coefficient (Wildman–Crippen LogP) is 1.33. The lowest BCUT2D eigenvalue weighted by Crippen LogP contribution is -2.45. The minimum Gasteiger partial charge on any atom is -0.486 e. The summed E-state index contributed by atoms with van der Waals surface area (Å²) in [6.45, 7) is 4.36. The summed E-state index contributed by atoms with van der Waals surface area (Å²) in [6.07, 6.45) is 1.45. The van der Waals surface area contributed by atoms with Gasteiger partial charge in [0, 0.05) is 13.6 Å². The van der Waals surface area contributed by atoms with E-state index in [1.165, 1.54) is 6.33 Å². The number of benzene rings is 1. The van der Waals surface area contributed by atoms with Gasteiger partial charge < -0.3 is 20.1 Å². The van der Waals surface area contributed by atoms with Crippen molar-refractivity contribution >= 4 is 29.9 Å². The molecule has 0 fully saturated rings. The summed E-state index contributed by atoms with van der Waals surface area (Å²) in [6, 6.07) is 7.69. The van der Waals surface area contributed by atoms with Crippen LogP contribution in [0.15, 0.2) is 35.6 Å². The number of nitrogens with zero attached hydrogens (tertiary/aromatic N) is 4. The molecular formula is C16H23IN6O2. The molecule has 0 saturated carbocycles. The number of fused-ring (bicyclic) bond motifs is 1. The van der Waals surface area contributed by atoms with E-state index in [0.717, 1.165) is 23.9 Å². The highest BCUT2D eigenvalue weighted by atomic mass is 127. The molecule has 1 atom stereocenters. The van der Waals surface area contributed by atoms with Crippen molar-refractivity contribution in [2.75, 3.05) is 19.7 Å². The minimum absolute atomic E-state index is 0. The van der Waals surface area contributed by atoms with Gasteiger partial charge in [-0.2, -0.15) is 5.10 Å². The molecule has 1 unspecified atom stereocenters. The fourth-order valence-corrected chi connectivity index (χ4v) is 2.33. The van der Waals surface area contributed by atoms with Crippen LogP contribution in [0.2, 0.25) is 0 Å². The van der Waals surface area contributed by atoms with Gasteiger partial charge in [-0.25, -0.2) is 9.98 Å². The number of aliphatic imine (C=N–C) groups is 1. The molecule has 8 nitrogen and oxygen atoms in total. The monoisotopic (exact) mass is 458 g/mol. The second-order valence-electron chi connectivity index (χ2n) is 5.37. The van der Waals surface area contributed by atoms with Gasteiger partial charge in [0.1, 0.15) is 31.4 Å². The van der Waals surface area contributed by atoms with Crippen molar-refractivity contribution in [3.8, 4) is 11.5 Å². The van der Waals surface area contributed by atoms with Crippen LogP contribution in [-0.2, 0) is 13.6 Å². The number of aryl methyl sites for hydroxylation is 1. The maximum absolute atomic E-state index is 5.93. The number of aromatic nitrogens is 3. The molecule has 9 heteroatoms. The molecule has 3 rings (SSSR count). The van der Waals surface area contributed by atoms with E-state index in [2.05, 4.69) is 25.7 Å². The fraction of sp³-hybridized carbons (Fsp3) is 0.438. The molecule has 1 aliphatic rings. The van der Waals surface area contributed by atoms with Crippen LogP contribution in [-0.4, -0.2) is 46.5 Å². The van der Waals surface area contributed by atoms with Crippen molar-refractivity contribution < 1.29 is 9.47 Å². The van der Waals surface area contributed by atoms with E-state index in [-0.39, 0.29) is 30.1 Å². The van der Waals surface area contributed by atoms with Crippen molar-refractivity contribution in [2.45, 2.75) is 19.6 Å². The highest BCUT2D eigenvalue weighted by molar-refractivity contribution is 14.0. The van der Waals surface area contributed by atoms with Gasteiger partial charge in [0.2, 0.25) is 0 Å². The number of halogens is 1. The molecule has 0 spiro atoms. The van der Waals surface area contributed by atoms with Crippen molar-refractivity contribution in [2.24, 2.45) is 12.0 Å². The lowest BCUT2D eigenvalue weighted by molar-refractivity contribution is 0.0936. The second-order valence-corrected chi connectivity index (χ2v) is 5.37. The summed E-state index contributed by atoms with van der Waals surface area (Å²) in [7, 11) is 1.85. The van der Waals surface area contributed by atoms with E-state index in [4.69, 9.17) is 9.47 Å². The van der Waals surface area contributed by atoms with Crippen molar-refractivity contribution in [3.05, 3.63) is 36.4 Å². The van der Waals surface area contributed by atoms with Crippen LogP contribution in [0.5, 0.6) is 11.5 Å². The summed E-state index contributed by atoms with van der Waals surface area (Å²) < 4.78 is 13.4. The summed E-state index contributed by atoms with van der Waals surface area (Å²) in [5, 5.41) is 10.5. The van der Waals surface area contributed by atoms with Crippen molar-refractivity contribution in [1.82, 2.24) is 25.4 Å². The first-order valence-electron chi connectivity index (χ1n) is 7.99. The van der Waals surface area contributed by atoms with Crippen LogP contribution < -0.4 is 20.1 Å². The molecule has 0 bridgehead atoms. The predicted molar refractivity (Wildman–Crippen MR) is 106 cm³/mol. The lowest BCUT2D eigenvalue weighted by Gasteiger charge is -2.27. The van der Waals surface area contributed by atoms with Crippen LogP contribution in [0.1, 0.15) is 12.7 Å². The zero-order valence-corrected chi connectivity index (χ0v) is 16.6. The molecule has 25 heavy (non-hydrogen) atoms. The number of nitrogens with one attached hydrogen (secondary N) is 2. The van der Waals surface area contributed by atoms with E-state index < -0.39 is 0 Å². The van der Waals surface area contributed by atoms with Crippen LogP contribution in [0, 0.1) is 0 Å². The SMILES string of the molecule is CCNC(=NCc1ncnn1C)NCC1COc2ccccc2O1.I. The zero-order valence-electron chi connectivity index (χ0n) is 14.3. The molecule has 1 aromatic carbocycles. The van der Waals surface area contributed by atoms with Gasteiger partial charge in [-0.3, -0.25) is 4.68 Å². The average Bonchev–Trinajstić information content (AvgIpc) is 3.02. The molecule has 0 amide bonds. The maximum atomic E-state index is 5.93. The topological polar surface area (TPSA) is 85.6 Å². The van der Waals surface area contributed by atoms with E-state index >= 15 is 0 Å². The Hall–Kier alpha value is -2.04. The molecule has 0 aliphatic carbocycles. The summed E-state index contributed by atoms with van der Waals surface area (Å²) in [4.78, 5) is 8.69. The highest BCUT2D eigenvalue weighted by Gasteiger charge is 2.20. The molecule has 2 N–H and O–H groups in total. The first-order chi connectivity index (χ1) is 11.8. The van der Waals surface area contributed by atoms with Crippen LogP contribution >= 0.6 is 24.0 Å². The van der Waals surface area contributed by atoms with E-state index in [1.807, 2.05) is 38.2 Å². The van der Waals surface area contributed by atoms with Gasteiger partial charge in [-0.05, 0) is 19.1 Å². The number of hydrogen-bond acceptors (Lipinski definition) is 5. The lowest BCUT2D eigenvalue weighted by atomic mass is 10.2. The third kappa shape index (κ3) is 5.21. The first kappa shape index (κ1) is 19.3. The smallest absolute Gasteiger partial charge is 0.191 e. The molecule has 0 radical (unpaired) electrons. The Labute approximate surface area is 164 Å². The summed E-state index contributed by atoms with van der Waals surface area (Å²) in [5.74, 6) is 3.08. The van der Waals surface area contributed by atoms with Crippen LogP contribution in [0.4, 0.5) is 0 Å². The van der Waals surface area contributed by atoms with Crippen molar-refractivity contribution in [1.29, 1.82) is 0 Å². The molecule has 136 valence electrons. The number of ether oxygens (including phenoxy) is 2. The molecular weight excluding hydrogens is 435 g/mol. The summed E-state index contributed by atoms with van der Waals surface area (Å²) in [5.41, 5.74) is 0. The number of hydrogen-bond donors (Lipinski definition) is 2. The Balaban J connectivity index is 0.00000225. The Kier molecular flexibility index (Phi) is 7.29. The normalized spacial score (nSPS) is 16.1. The van der Waals surface area contributed by atoms with Gasteiger partial charge >= 0.3 is 0 Å². The molecule has 2 aromatic rings. The van der Waals surface area contributed by atoms with E-state index in [0.29, 0.717) is 25.7 Å². The van der Waals surface area contributed by atoms with Crippen molar-refractivity contribution in [3.63, 3.8) is 0 Å². The standard InChI is InChI=1S/C16H22N6O2.HI/c1-3-17-16(19-9-15-20-11-21-22(15)2)18-8-12-10-23-13-6-4-5-7-14(13)24-12;/h4-7,11-12H,3,8-10H2,1-2H3,(H2,17,18,19);1H. The Morgan fingerprint density at radius 3 is 2.84 bits per heavy atom. The average molecular weight is 458 g/mol. The number of para-hydroxylation sites is 2. The van der Waals surface area contributed by atoms with Gasteiger partial charge in [0.05, 0.1) is 6.54 Å². The number of guanidine groups is 1. The third-order valence-electron chi connectivity index (χ3n) is 3.59. The fourth-order valence-electron chi connectivity index (χ4n) is 2.33. The summed E-state index contributed by atoms with van der Waals surface area (Å²) >= 11 is 0. The van der Waals surface area contributed by atoms with E-state index in [9.17, 15) is 0 Å². The largest absolute Gasteiger partial charge is 0.486 e. The van der Waals surface area contributed by atoms with Crippen LogP contribution in [0.3, 0.4) is 0 Å². The molecule has 1 aliphatic heterocycles. The molecule has 1 aromatic heterocycles. The second kappa shape index (κ2) is 9.44. The minimum atomic E-state index is -0.0708. The highest BCUT2D eigenvalue weighted by Crippen LogP contribution is 2.30. The van der Waals surface area contributed by atoms with Crippen LogP contribution in [0.25, 0.3) is 0 Å². The van der Waals surface area contributed by atoms with E-state index in [1.54, 1.807) is 4.68 Å². The van der Waals surface area contributed by atoms with Gasteiger partial charge in [-0.1, -0.05) is 12.1 Å². The Morgan fingerprint density at radius 2 is 2.12 bits per heavy atom. The first-order valence-corrected chi connectivity index (χ1v) is 7.99. The zero-order chi connectivity index (χ0) is 16.8. The molecule has 0 saturated heterocycles. The Bertz CT molecular complexity index is 705. The molecule has 2 heterocycles. The maximum Gasteiger partial charge on any atom is 0.191 e. The Morgan fingerprint density at radius 1 is 1.32 bits per heavy atom. The number of rotatable bonds is 5. The third-order valence-corrected chi connectivity index (χ3v) is 3.59. The quantitative estimate of drug-likeness (QED) is 0.400. The van der Waals surface area contributed by atoms with Gasteiger partial charge in [-0.15, -0.1) is 24.0 Å². The van der Waals surface area contributed by atoms with Gasteiger partial charge in [0.15, 0.2) is 17.5 Å². The van der Waals surface area contributed by atoms with Gasteiger partial charge in [0.25, 0.3) is 0 Å².